The highest BCUT2D eigenvalue weighted by Crippen LogP contribution is 2.24. The fourth-order valence-electron chi connectivity index (χ4n) is 2.32. The maximum absolute atomic E-state index is 13.7. The summed E-state index contributed by atoms with van der Waals surface area (Å²) in [4.78, 5) is 2.28. The van der Waals surface area contributed by atoms with Gasteiger partial charge in [-0.15, -0.1) is 0 Å². The monoisotopic (exact) mass is 284 g/mol. The van der Waals surface area contributed by atoms with Crippen LogP contribution in [0.1, 0.15) is 30.5 Å². The average molecular weight is 284 g/mol. The van der Waals surface area contributed by atoms with Crippen LogP contribution >= 0.6 is 11.8 Å². The quantitative estimate of drug-likeness (QED) is 0.833. The zero-order chi connectivity index (χ0) is 14.4. The molecule has 1 aromatic rings. The molecule has 0 saturated carbocycles. The highest BCUT2D eigenvalue weighted by molar-refractivity contribution is 7.98. The molecule has 0 bridgehead atoms. The molecule has 108 valence electrons. The Morgan fingerprint density at radius 3 is 2.58 bits per heavy atom. The molecular weight excluding hydrogens is 259 g/mol. The standard InChI is InChI=1S/C15H25FN2S/c1-5-13(10-19-4)18(3)15(9-17)12-7-6-11(2)14(16)8-12/h6-8,13,15H,5,9-10,17H2,1-4H3. The van der Waals surface area contributed by atoms with E-state index in [2.05, 4.69) is 25.1 Å². The maximum atomic E-state index is 13.7. The van der Waals surface area contributed by atoms with E-state index in [0.29, 0.717) is 18.2 Å². The zero-order valence-electron chi connectivity index (χ0n) is 12.3. The Morgan fingerprint density at radius 2 is 2.11 bits per heavy atom. The van der Waals surface area contributed by atoms with Crippen molar-refractivity contribution in [3.8, 4) is 0 Å². The molecule has 2 nitrogen and oxygen atoms in total. The first-order chi connectivity index (χ1) is 9.04. The van der Waals surface area contributed by atoms with Gasteiger partial charge in [0.05, 0.1) is 0 Å². The Hall–Kier alpha value is -0.580. The van der Waals surface area contributed by atoms with Crippen LogP contribution in [-0.2, 0) is 0 Å². The zero-order valence-corrected chi connectivity index (χ0v) is 13.1. The van der Waals surface area contributed by atoms with Gasteiger partial charge in [-0.05, 0) is 43.8 Å². The molecule has 19 heavy (non-hydrogen) atoms. The van der Waals surface area contributed by atoms with Crippen LogP contribution in [0.5, 0.6) is 0 Å². The largest absolute Gasteiger partial charge is 0.329 e. The highest BCUT2D eigenvalue weighted by Gasteiger charge is 2.22. The van der Waals surface area contributed by atoms with Crippen molar-refractivity contribution in [2.75, 3.05) is 25.6 Å². The van der Waals surface area contributed by atoms with Crippen molar-refractivity contribution in [2.24, 2.45) is 5.73 Å². The number of nitrogens with zero attached hydrogens (tertiary/aromatic N) is 1. The summed E-state index contributed by atoms with van der Waals surface area (Å²) in [5.41, 5.74) is 7.56. The molecule has 0 aliphatic heterocycles. The first-order valence-electron chi connectivity index (χ1n) is 6.72. The molecule has 0 aromatic heterocycles. The van der Waals surface area contributed by atoms with Crippen molar-refractivity contribution in [1.82, 2.24) is 4.90 Å². The van der Waals surface area contributed by atoms with Crippen LogP contribution in [0.2, 0.25) is 0 Å². The summed E-state index contributed by atoms with van der Waals surface area (Å²) in [5.74, 6) is 0.917. The molecule has 0 radical (unpaired) electrons. The van der Waals surface area contributed by atoms with E-state index >= 15 is 0 Å². The topological polar surface area (TPSA) is 29.3 Å². The summed E-state index contributed by atoms with van der Waals surface area (Å²) in [6, 6.07) is 5.98. The van der Waals surface area contributed by atoms with Gasteiger partial charge in [0.2, 0.25) is 0 Å². The Kier molecular flexibility index (Phi) is 6.83. The molecule has 0 aliphatic carbocycles. The van der Waals surface area contributed by atoms with Gasteiger partial charge in [-0.3, -0.25) is 4.90 Å². The lowest BCUT2D eigenvalue weighted by molar-refractivity contribution is 0.187. The number of halogens is 1. The second-order valence-corrected chi connectivity index (χ2v) is 5.85. The number of nitrogens with two attached hydrogens (primary N) is 1. The molecule has 2 atom stereocenters. The van der Waals surface area contributed by atoms with Crippen LogP contribution in [0.25, 0.3) is 0 Å². The van der Waals surface area contributed by atoms with E-state index in [9.17, 15) is 4.39 Å². The number of rotatable bonds is 7. The molecule has 0 amide bonds. The van der Waals surface area contributed by atoms with Crippen molar-refractivity contribution >= 4 is 11.8 Å². The van der Waals surface area contributed by atoms with Gasteiger partial charge in [0.15, 0.2) is 0 Å². The van der Waals surface area contributed by atoms with Crippen molar-refractivity contribution in [1.29, 1.82) is 0 Å². The second-order valence-electron chi connectivity index (χ2n) is 4.94. The van der Waals surface area contributed by atoms with Gasteiger partial charge >= 0.3 is 0 Å². The molecule has 0 fully saturated rings. The molecule has 0 heterocycles. The van der Waals surface area contributed by atoms with Gasteiger partial charge < -0.3 is 5.73 Å². The van der Waals surface area contributed by atoms with Crippen LogP contribution < -0.4 is 5.73 Å². The third-order valence-electron chi connectivity index (χ3n) is 3.70. The third kappa shape index (κ3) is 4.20. The minimum Gasteiger partial charge on any atom is -0.329 e. The van der Waals surface area contributed by atoms with Gasteiger partial charge in [0, 0.05) is 24.4 Å². The molecule has 0 saturated heterocycles. The van der Waals surface area contributed by atoms with Crippen molar-refractivity contribution < 1.29 is 4.39 Å². The predicted molar refractivity (Wildman–Crippen MR) is 83.2 cm³/mol. The lowest BCUT2D eigenvalue weighted by Gasteiger charge is -2.34. The molecule has 2 unspecified atom stereocenters. The van der Waals surface area contributed by atoms with Gasteiger partial charge in [-0.25, -0.2) is 4.39 Å². The molecule has 4 heteroatoms. The van der Waals surface area contributed by atoms with Crippen molar-refractivity contribution in [3.05, 3.63) is 35.1 Å². The first-order valence-corrected chi connectivity index (χ1v) is 8.11. The van der Waals surface area contributed by atoms with Crippen molar-refractivity contribution in [3.63, 3.8) is 0 Å². The predicted octanol–water partition coefficient (Wildman–Crippen LogP) is 3.21. The Morgan fingerprint density at radius 1 is 1.42 bits per heavy atom. The Balaban J connectivity index is 2.94. The number of aryl methyl sites for hydroxylation is 1. The SMILES string of the molecule is CCC(CSC)N(C)C(CN)c1ccc(C)c(F)c1. The highest BCUT2D eigenvalue weighted by atomic mass is 32.2. The minimum absolute atomic E-state index is 0.0761. The van der Waals surface area contributed by atoms with E-state index in [0.717, 1.165) is 17.7 Å². The first kappa shape index (κ1) is 16.5. The Bertz CT molecular complexity index is 398. The fourth-order valence-corrected chi connectivity index (χ4v) is 3.18. The van der Waals surface area contributed by atoms with Crippen LogP contribution in [0, 0.1) is 12.7 Å². The lowest BCUT2D eigenvalue weighted by atomic mass is 10.0. The van der Waals surface area contributed by atoms with Gasteiger partial charge in [-0.1, -0.05) is 19.1 Å². The van der Waals surface area contributed by atoms with Gasteiger partial charge in [0.25, 0.3) is 0 Å². The van der Waals surface area contributed by atoms with Crippen molar-refractivity contribution in [2.45, 2.75) is 32.4 Å². The number of thioether (sulfide) groups is 1. The maximum Gasteiger partial charge on any atom is 0.126 e. The van der Waals surface area contributed by atoms with E-state index in [1.807, 2.05) is 23.9 Å². The normalized spacial score (nSPS) is 14.7. The number of hydrogen-bond donors (Lipinski definition) is 1. The van der Waals surface area contributed by atoms with E-state index in [1.165, 1.54) is 0 Å². The van der Waals surface area contributed by atoms with Crippen LogP contribution in [0.4, 0.5) is 4.39 Å². The summed E-state index contributed by atoms with van der Waals surface area (Å²) in [5, 5.41) is 0. The third-order valence-corrected chi connectivity index (χ3v) is 4.42. The molecule has 1 aromatic carbocycles. The Labute approximate surface area is 120 Å². The minimum atomic E-state index is -0.151. The molecule has 0 spiro atoms. The fraction of sp³-hybridized carbons (Fsp3) is 0.600. The van der Waals surface area contributed by atoms with E-state index in [1.54, 1.807) is 13.0 Å². The summed E-state index contributed by atoms with van der Waals surface area (Å²) in [6.45, 7) is 4.47. The molecular formula is C15H25FN2S. The number of hydrogen-bond acceptors (Lipinski definition) is 3. The van der Waals surface area contributed by atoms with E-state index in [-0.39, 0.29) is 11.9 Å². The van der Waals surface area contributed by atoms with Gasteiger partial charge in [0.1, 0.15) is 5.82 Å². The summed E-state index contributed by atoms with van der Waals surface area (Å²) >= 11 is 1.83. The number of benzene rings is 1. The molecule has 1 rings (SSSR count). The van der Waals surface area contributed by atoms with Crippen LogP contribution in [0.15, 0.2) is 18.2 Å². The van der Waals surface area contributed by atoms with E-state index < -0.39 is 0 Å². The van der Waals surface area contributed by atoms with E-state index in [4.69, 9.17) is 5.73 Å². The second kappa shape index (κ2) is 7.88. The molecule has 2 N–H and O–H groups in total. The van der Waals surface area contributed by atoms with Gasteiger partial charge in [-0.2, -0.15) is 11.8 Å². The van der Waals surface area contributed by atoms with Crippen LogP contribution in [-0.4, -0.2) is 36.5 Å². The summed E-state index contributed by atoms with van der Waals surface area (Å²) in [6.07, 6.45) is 3.18. The lowest BCUT2D eigenvalue weighted by Crippen LogP contribution is -2.39. The molecule has 0 aliphatic rings. The number of likely N-dealkylation sites (N-methyl/N-ethyl adjacent to an activating group) is 1. The summed E-state index contributed by atoms with van der Waals surface area (Å²) < 4.78 is 13.7. The van der Waals surface area contributed by atoms with Crippen LogP contribution in [0.3, 0.4) is 0 Å². The summed E-state index contributed by atoms with van der Waals surface area (Å²) in [7, 11) is 2.08. The smallest absolute Gasteiger partial charge is 0.126 e. The average Bonchev–Trinajstić information content (AvgIpc) is 2.40.